The van der Waals surface area contributed by atoms with Gasteiger partial charge in [-0.2, -0.15) is 0 Å². The van der Waals surface area contributed by atoms with E-state index in [1.54, 1.807) is 0 Å². The van der Waals surface area contributed by atoms with Crippen LogP contribution >= 0.6 is 11.9 Å². The number of nitrogens with zero attached hydrogens (tertiary/aromatic N) is 1. The Balaban J connectivity index is 1.82. The highest BCUT2D eigenvalue weighted by Gasteiger charge is 2.42. The van der Waals surface area contributed by atoms with E-state index in [2.05, 4.69) is 47.7 Å². The summed E-state index contributed by atoms with van der Waals surface area (Å²) in [4.78, 5) is 2.59. The van der Waals surface area contributed by atoms with Gasteiger partial charge in [0.1, 0.15) is 0 Å². The third-order valence-electron chi connectivity index (χ3n) is 4.11. The zero-order valence-electron chi connectivity index (χ0n) is 10.6. The second-order valence-corrected chi connectivity index (χ2v) is 6.56. The minimum absolute atomic E-state index is 0.335. The Bertz CT molecular complexity index is 408. The maximum atomic E-state index is 3.50. The summed E-state index contributed by atoms with van der Waals surface area (Å²) in [5.74, 6) is 0. The number of rotatable bonds is 1. The minimum atomic E-state index is 0.335. The zero-order chi connectivity index (χ0) is 11.9. The lowest BCUT2D eigenvalue weighted by atomic mass is 9.87. The average molecular weight is 248 g/mol. The molecule has 92 valence electrons. The fourth-order valence-corrected chi connectivity index (χ4v) is 4.11. The van der Waals surface area contributed by atoms with Gasteiger partial charge in [-0.05, 0) is 50.3 Å². The van der Waals surface area contributed by atoms with Gasteiger partial charge in [0.25, 0.3) is 0 Å². The molecule has 2 heterocycles. The number of hydrogen-bond acceptors (Lipinski definition) is 3. The van der Waals surface area contributed by atoms with Crippen molar-refractivity contribution in [2.45, 2.75) is 37.5 Å². The summed E-state index contributed by atoms with van der Waals surface area (Å²) in [7, 11) is 0. The summed E-state index contributed by atoms with van der Waals surface area (Å²) < 4.78 is 3.84. The molecular weight excluding hydrogens is 228 g/mol. The van der Waals surface area contributed by atoms with Crippen LogP contribution in [0.3, 0.4) is 0 Å². The van der Waals surface area contributed by atoms with Crippen molar-refractivity contribution < 1.29 is 0 Å². The van der Waals surface area contributed by atoms with Crippen molar-refractivity contribution >= 4 is 17.6 Å². The maximum absolute atomic E-state index is 3.50. The number of para-hydroxylation sites is 1. The monoisotopic (exact) mass is 248 g/mol. The van der Waals surface area contributed by atoms with Crippen molar-refractivity contribution in [3.63, 3.8) is 0 Å². The van der Waals surface area contributed by atoms with Crippen LogP contribution in [-0.4, -0.2) is 24.0 Å². The van der Waals surface area contributed by atoms with Gasteiger partial charge in [-0.3, -0.25) is 0 Å². The van der Waals surface area contributed by atoms with Crippen LogP contribution in [0.2, 0.25) is 0 Å². The largest absolute Gasteiger partial charge is 0.329 e. The van der Waals surface area contributed by atoms with E-state index in [0.29, 0.717) is 10.8 Å². The summed E-state index contributed by atoms with van der Waals surface area (Å²) in [5, 5.41) is 0. The molecular formula is C14H20N2S. The number of anilines is 1. The fraction of sp³-hybridized carbons (Fsp3) is 0.571. The van der Waals surface area contributed by atoms with Crippen LogP contribution < -0.4 is 4.72 Å². The summed E-state index contributed by atoms with van der Waals surface area (Å²) >= 11 is 1.93. The fourth-order valence-electron chi connectivity index (χ4n) is 2.95. The van der Waals surface area contributed by atoms with Gasteiger partial charge < -0.3 is 9.62 Å². The number of piperidine rings is 1. The number of nitrogens with one attached hydrogen (secondary N) is 1. The first-order valence-corrected chi connectivity index (χ1v) is 7.30. The molecule has 0 unspecified atom stereocenters. The molecule has 3 rings (SSSR count). The van der Waals surface area contributed by atoms with E-state index in [0.717, 1.165) is 0 Å². The SMILES string of the molecule is CC(C)N1CCC2(CC1)SNc1ccccc12. The van der Waals surface area contributed by atoms with Crippen molar-refractivity contribution in [3.8, 4) is 0 Å². The van der Waals surface area contributed by atoms with Gasteiger partial charge in [0.2, 0.25) is 0 Å². The highest BCUT2D eigenvalue weighted by molar-refractivity contribution is 8.01. The normalized spacial score (nSPS) is 22.8. The molecule has 0 saturated carbocycles. The molecule has 0 aromatic heterocycles. The Labute approximate surface area is 108 Å². The lowest BCUT2D eigenvalue weighted by Gasteiger charge is -2.40. The van der Waals surface area contributed by atoms with Gasteiger partial charge in [-0.1, -0.05) is 18.2 Å². The first kappa shape index (κ1) is 11.4. The van der Waals surface area contributed by atoms with Crippen LogP contribution in [0.25, 0.3) is 0 Å². The van der Waals surface area contributed by atoms with Crippen molar-refractivity contribution in [3.05, 3.63) is 29.8 Å². The highest BCUT2D eigenvalue weighted by atomic mass is 32.2. The third-order valence-corrected chi connectivity index (χ3v) is 5.45. The predicted octanol–water partition coefficient (Wildman–Crippen LogP) is 3.46. The molecule has 0 radical (unpaired) electrons. The van der Waals surface area contributed by atoms with E-state index in [-0.39, 0.29) is 0 Å². The Hall–Kier alpha value is -0.670. The van der Waals surface area contributed by atoms with Gasteiger partial charge in [-0.25, -0.2) is 0 Å². The molecule has 1 aromatic rings. The maximum Gasteiger partial charge on any atom is 0.0650 e. The quantitative estimate of drug-likeness (QED) is 0.766. The molecule has 1 fully saturated rings. The summed E-state index contributed by atoms with van der Waals surface area (Å²) in [5.41, 5.74) is 2.85. The van der Waals surface area contributed by atoms with Gasteiger partial charge >= 0.3 is 0 Å². The molecule has 1 aromatic carbocycles. The molecule has 2 aliphatic heterocycles. The molecule has 0 bridgehead atoms. The minimum Gasteiger partial charge on any atom is -0.329 e. The van der Waals surface area contributed by atoms with E-state index in [1.165, 1.54) is 37.2 Å². The van der Waals surface area contributed by atoms with Gasteiger partial charge in [0.05, 0.1) is 4.75 Å². The average Bonchev–Trinajstić information content (AvgIpc) is 2.70. The Kier molecular flexibility index (Phi) is 2.83. The Morgan fingerprint density at radius 3 is 2.65 bits per heavy atom. The van der Waals surface area contributed by atoms with Crippen LogP contribution in [0.4, 0.5) is 5.69 Å². The second-order valence-electron chi connectivity index (χ2n) is 5.37. The molecule has 0 aliphatic carbocycles. The topological polar surface area (TPSA) is 15.3 Å². The first-order valence-electron chi connectivity index (χ1n) is 6.49. The van der Waals surface area contributed by atoms with Crippen LogP contribution in [0.1, 0.15) is 32.3 Å². The van der Waals surface area contributed by atoms with E-state index in [9.17, 15) is 0 Å². The number of likely N-dealkylation sites (tertiary alicyclic amines) is 1. The third kappa shape index (κ3) is 1.85. The summed E-state index contributed by atoms with van der Waals surface area (Å²) in [6, 6.07) is 9.47. The number of fused-ring (bicyclic) bond motifs is 2. The van der Waals surface area contributed by atoms with Gasteiger partial charge in [0.15, 0.2) is 0 Å². The molecule has 1 N–H and O–H groups in total. The molecule has 1 saturated heterocycles. The second kappa shape index (κ2) is 4.21. The van der Waals surface area contributed by atoms with E-state index in [4.69, 9.17) is 0 Å². The lowest BCUT2D eigenvalue weighted by Crippen LogP contribution is -2.43. The van der Waals surface area contributed by atoms with E-state index in [1.807, 2.05) is 11.9 Å². The van der Waals surface area contributed by atoms with Gasteiger partial charge in [0, 0.05) is 24.8 Å². The van der Waals surface area contributed by atoms with E-state index >= 15 is 0 Å². The smallest absolute Gasteiger partial charge is 0.0650 e. The molecule has 17 heavy (non-hydrogen) atoms. The predicted molar refractivity (Wildman–Crippen MR) is 75.3 cm³/mol. The zero-order valence-corrected chi connectivity index (χ0v) is 11.4. The standard InChI is InChI=1S/C14H20N2S/c1-11(2)16-9-7-14(8-10-16)12-5-3-4-6-13(12)15-17-14/h3-6,11,15H,7-10H2,1-2H3. The van der Waals surface area contributed by atoms with Crippen molar-refractivity contribution in [1.82, 2.24) is 4.90 Å². The summed E-state index contributed by atoms with van der Waals surface area (Å²) in [6.45, 7) is 7.04. The van der Waals surface area contributed by atoms with Crippen molar-refractivity contribution in [2.24, 2.45) is 0 Å². The van der Waals surface area contributed by atoms with Crippen molar-refractivity contribution in [1.29, 1.82) is 0 Å². The molecule has 1 spiro atoms. The van der Waals surface area contributed by atoms with Gasteiger partial charge in [-0.15, -0.1) is 0 Å². The molecule has 0 amide bonds. The Morgan fingerprint density at radius 1 is 1.24 bits per heavy atom. The number of benzene rings is 1. The Morgan fingerprint density at radius 2 is 1.94 bits per heavy atom. The molecule has 2 nitrogen and oxygen atoms in total. The van der Waals surface area contributed by atoms with Crippen molar-refractivity contribution in [2.75, 3.05) is 17.8 Å². The summed E-state index contributed by atoms with van der Waals surface area (Å²) in [6.07, 6.45) is 2.53. The van der Waals surface area contributed by atoms with Crippen LogP contribution in [0.5, 0.6) is 0 Å². The highest BCUT2D eigenvalue weighted by Crippen LogP contribution is 2.53. The molecule has 3 heteroatoms. The van der Waals surface area contributed by atoms with Crippen LogP contribution in [-0.2, 0) is 4.75 Å². The number of hydrogen-bond donors (Lipinski definition) is 1. The first-order chi connectivity index (χ1) is 8.21. The van der Waals surface area contributed by atoms with E-state index < -0.39 is 0 Å². The molecule has 0 atom stereocenters. The van der Waals surface area contributed by atoms with Crippen LogP contribution in [0.15, 0.2) is 24.3 Å². The molecule has 2 aliphatic rings. The lowest BCUT2D eigenvalue weighted by molar-refractivity contribution is 0.163. The van der Waals surface area contributed by atoms with Crippen LogP contribution in [0, 0.1) is 0 Å².